The third-order valence-corrected chi connectivity index (χ3v) is 3.04. The summed E-state index contributed by atoms with van der Waals surface area (Å²) < 4.78 is 13.6. The summed E-state index contributed by atoms with van der Waals surface area (Å²) in [5, 5.41) is 13.0. The molecule has 0 aliphatic rings. The number of nitro benzene ring substituents is 1. The number of hydrogen-bond acceptors (Lipinski definition) is 3. The molecule has 2 aromatic rings. The van der Waals surface area contributed by atoms with E-state index in [0.29, 0.717) is 5.56 Å². The molecule has 0 saturated heterocycles. The van der Waals surface area contributed by atoms with Crippen LogP contribution in [0.5, 0.6) is 0 Å². The first kappa shape index (κ1) is 14.6. The minimum Gasteiger partial charge on any atom is -0.319 e. The molecule has 0 unspecified atom stereocenters. The van der Waals surface area contributed by atoms with E-state index >= 15 is 0 Å². The highest BCUT2D eigenvalue weighted by Crippen LogP contribution is 2.22. The Morgan fingerprint density at radius 3 is 2.52 bits per heavy atom. The van der Waals surface area contributed by atoms with Gasteiger partial charge in [-0.3, -0.25) is 14.9 Å². The third-order valence-electron chi connectivity index (χ3n) is 3.04. The molecule has 0 atom stereocenters. The number of carbonyl (C=O) groups excluding carboxylic acids is 1. The standard InChI is InChI=1S/C15H13FN2O3/c1-9-3-5-12(10(2)7-9)15(19)17-14-8-11(18(20)21)4-6-13(14)16/h3-8H,1-2H3,(H,17,19). The van der Waals surface area contributed by atoms with Gasteiger partial charge >= 0.3 is 0 Å². The van der Waals surface area contributed by atoms with Crippen molar-refractivity contribution in [3.05, 3.63) is 69.0 Å². The van der Waals surface area contributed by atoms with Gasteiger partial charge in [0, 0.05) is 17.7 Å². The van der Waals surface area contributed by atoms with Crippen molar-refractivity contribution >= 4 is 17.3 Å². The van der Waals surface area contributed by atoms with Crippen LogP contribution in [0.15, 0.2) is 36.4 Å². The molecule has 0 radical (unpaired) electrons. The highest BCUT2D eigenvalue weighted by molar-refractivity contribution is 6.05. The molecule has 5 nitrogen and oxygen atoms in total. The van der Waals surface area contributed by atoms with Crippen molar-refractivity contribution in [2.24, 2.45) is 0 Å². The Kier molecular flexibility index (Phi) is 3.98. The van der Waals surface area contributed by atoms with E-state index < -0.39 is 16.6 Å². The van der Waals surface area contributed by atoms with Gasteiger partial charge in [0.15, 0.2) is 0 Å². The van der Waals surface area contributed by atoms with E-state index in [0.717, 1.165) is 29.3 Å². The number of nitrogens with zero attached hydrogens (tertiary/aromatic N) is 1. The van der Waals surface area contributed by atoms with Crippen LogP contribution in [0, 0.1) is 29.8 Å². The molecular weight excluding hydrogens is 275 g/mol. The molecule has 0 saturated carbocycles. The number of amides is 1. The van der Waals surface area contributed by atoms with Crippen LogP contribution in [0.25, 0.3) is 0 Å². The number of nitro groups is 1. The van der Waals surface area contributed by atoms with Crippen LogP contribution in [-0.2, 0) is 0 Å². The van der Waals surface area contributed by atoms with Gasteiger partial charge < -0.3 is 5.32 Å². The van der Waals surface area contributed by atoms with Gasteiger partial charge in [-0.2, -0.15) is 0 Å². The smallest absolute Gasteiger partial charge is 0.271 e. The Labute approximate surface area is 120 Å². The Morgan fingerprint density at radius 2 is 1.90 bits per heavy atom. The monoisotopic (exact) mass is 288 g/mol. The molecule has 2 rings (SSSR count). The second-order valence-corrected chi connectivity index (χ2v) is 4.69. The van der Waals surface area contributed by atoms with E-state index in [4.69, 9.17) is 0 Å². The van der Waals surface area contributed by atoms with E-state index in [1.807, 2.05) is 13.0 Å². The second-order valence-electron chi connectivity index (χ2n) is 4.69. The van der Waals surface area contributed by atoms with Gasteiger partial charge in [-0.05, 0) is 31.5 Å². The number of halogens is 1. The molecule has 0 bridgehead atoms. The predicted molar refractivity (Wildman–Crippen MR) is 76.9 cm³/mol. The number of carbonyl (C=O) groups is 1. The topological polar surface area (TPSA) is 72.2 Å². The molecule has 2 aromatic carbocycles. The Bertz CT molecular complexity index is 729. The number of nitrogens with one attached hydrogen (secondary N) is 1. The maximum atomic E-state index is 13.6. The van der Waals surface area contributed by atoms with Gasteiger partial charge in [-0.1, -0.05) is 17.7 Å². The first-order valence-corrected chi connectivity index (χ1v) is 6.21. The molecular formula is C15H13FN2O3. The lowest BCUT2D eigenvalue weighted by Gasteiger charge is -2.09. The maximum Gasteiger partial charge on any atom is 0.271 e. The van der Waals surface area contributed by atoms with Crippen LogP contribution in [0.3, 0.4) is 0 Å². The Balaban J connectivity index is 2.31. The van der Waals surface area contributed by atoms with Crippen molar-refractivity contribution < 1.29 is 14.1 Å². The highest BCUT2D eigenvalue weighted by atomic mass is 19.1. The second kappa shape index (κ2) is 5.70. The van der Waals surface area contributed by atoms with Crippen molar-refractivity contribution in [2.45, 2.75) is 13.8 Å². The molecule has 0 aromatic heterocycles. The summed E-state index contributed by atoms with van der Waals surface area (Å²) in [5.74, 6) is -1.23. The fraction of sp³-hybridized carbons (Fsp3) is 0.133. The third kappa shape index (κ3) is 3.22. The summed E-state index contributed by atoms with van der Waals surface area (Å²) in [7, 11) is 0. The fourth-order valence-electron chi connectivity index (χ4n) is 1.98. The van der Waals surface area contributed by atoms with Crippen LogP contribution in [0.4, 0.5) is 15.8 Å². The zero-order valence-electron chi connectivity index (χ0n) is 11.5. The first-order valence-electron chi connectivity index (χ1n) is 6.21. The van der Waals surface area contributed by atoms with Crippen LogP contribution < -0.4 is 5.32 Å². The summed E-state index contributed by atoms with van der Waals surface area (Å²) in [4.78, 5) is 22.2. The van der Waals surface area contributed by atoms with Crippen molar-refractivity contribution in [1.29, 1.82) is 0 Å². The number of non-ortho nitro benzene ring substituents is 1. The van der Waals surface area contributed by atoms with Crippen LogP contribution in [-0.4, -0.2) is 10.8 Å². The lowest BCUT2D eigenvalue weighted by molar-refractivity contribution is -0.384. The SMILES string of the molecule is Cc1ccc(C(=O)Nc2cc([N+](=O)[O-])ccc2F)c(C)c1. The number of aryl methyl sites for hydroxylation is 2. The lowest BCUT2D eigenvalue weighted by atomic mass is 10.1. The van der Waals surface area contributed by atoms with Gasteiger partial charge in [0.25, 0.3) is 11.6 Å². The van der Waals surface area contributed by atoms with E-state index in [2.05, 4.69) is 5.32 Å². The lowest BCUT2D eigenvalue weighted by Crippen LogP contribution is -2.14. The summed E-state index contributed by atoms with van der Waals surface area (Å²) in [6.07, 6.45) is 0. The van der Waals surface area contributed by atoms with Gasteiger partial charge in [-0.25, -0.2) is 4.39 Å². The van der Waals surface area contributed by atoms with Crippen LogP contribution in [0.2, 0.25) is 0 Å². The van der Waals surface area contributed by atoms with Gasteiger partial charge in [-0.15, -0.1) is 0 Å². The van der Waals surface area contributed by atoms with E-state index in [-0.39, 0.29) is 11.4 Å². The number of anilines is 1. The van der Waals surface area contributed by atoms with Crippen molar-refractivity contribution in [3.8, 4) is 0 Å². The average Bonchev–Trinajstić information content (AvgIpc) is 2.40. The summed E-state index contributed by atoms with van der Waals surface area (Å²) in [5.41, 5.74) is 1.65. The normalized spacial score (nSPS) is 10.2. The van der Waals surface area contributed by atoms with Crippen molar-refractivity contribution in [1.82, 2.24) is 0 Å². The van der Waals surface area contributed by atoms with E-state index in [1.54, 1.807) is 19.1 Å². The molecule has 0 spiro atoms. The largest absolute Gasteiger partial charge is 0.319 e. The average molecular weight is 288 g/mol. The van der Waals surface area contributed by atoms with E-state index in [1.165, 1.54) is 0 Å². The molecule has 1 amide bonds. The maximum absolute atomic E-state index is 13.6. The van der Waals surface area contributed by atoms with E-state index in [9.17, 15) is 19.3 Å². The summed E-state index contributed by atoms with van der Waals surface area (Å²) in [6, 6.07) is 8.23. The van der Waals surface area contributed by atoms with Crippen LogP contribution >= 0.6 is 0 Å². The summed E-state index contributed by atoms with van der Waals surface area (Å²) >= 11 is 0. The van der Waals surface area contributed by atoms with Gasteiger partial charge in [0.1, 0.15) is 5.82 Å². The molecule has 1 N–H and O–H groups in total. The predicted octanol–water partition coefficient (Wildman–Crippen LogP) is 3.60. The molecule has 0 aliphatic heterocycles. The molecule has 0 fully saturated rings. The zero-order chi connectivity index (χ0) is 15.6. The highest BCUT2D eigenvalue weighted by Gasteiger charge is 2.15. The molecule has 108 valence electrons. The minimum absolute atomic E-state index is 0.214. The van der Waals surface area contributed by atoms with Gasteiger partial charge in [0.2, 0.25) is 0 Å². The van der Waals surface area contributed by atoms with Gasteiger partial charge in [0.05, 0.1) is 10.6 Å². The minimum atomic E-state index is -0.723. The van der Waals surface area contributed by atoms with Crippen LogP contribution in [0.1, 0.15) is 21.5 Å². The number of rotatable bonds is 3. The number of benzene rings is 2. The summed E-state index contributed by atoms with van der Waals surface area (Å²) in [6.45, 7) is 3.67. The molecule has 0 aliphatic carbocycles. The molecule has 0 heterocycles. The Morgan fingerprint density at radius 1 is 1.19 bits per heavy atom. The fourth-order valence-corrected chi connectivity index (χ4v) is 1.98. The molecule has 6 heteroatoms. The van der Waals surface area contributed by atoms with Crippen molar-refractivity contribution in [2.75, 3.05) is 5.32 Å². The molecule has 21 heavy (non-hydrogen) atoms. The number of hydrogen-bond donors (Lipinski definition) is 1. The first-order chi connectivity index (χ1) is 9.88. The quantitative estimate of drug-likeness (QED) is 0.692. The Hall–Kier alpha value is -2.76. The zero-order valence-corrected chi connectivity index (χ0v) is 11.5. The van der Waals surface area contributed by atoms with Crippen molar-refractivity contribution in [3.63, 3.8) is 0 Å².